The molecule has 21 heavy (non-hydrogen) atoms. The quantitative estimate of drug-likeness (QED) is 0.922. The first kappa shape index (κ1) is 16.2. The van der Waals surface area contributed by atoms with Gasteiger partial charge in [-0.3, -0.25) is 0 Å². The number of nitrogens with zero attached hydrogens (tertiary/aromatic N) is 3. The molecule has 2 unspecified atom stereocenters. The molecule has 2 atom stereocenters. The molecule has 1 aromatic rings. The van der Waals surface area contributed by atoms with Crippen LogP contribution < -0.4 is 10.2 Å². The van der Waals surface area contributed by atoms with Crippen LogP contribution in [0.1, 0.15) is 65.1 Å². The maximum atomic E-state index is 4.78. The molecule has 1 fully saturated rings. The molecule has 4 heteroatoms. The predicted molar refractivity (Wildman–Crippen MR) is 88.6 cm³/mol. The number of hydrogen-bond donors (Lipinski definition) is 1. The molecule has 118 valence electrons. The Bertz CT molecular complexity index is 478. The summed E-state index contributed by atoms with van der Waals surface area (Å²) in [6.45, 7) is 14.0. The van der Waals surface area contributed by atoms with E-state index in [-0.39, 0.29) is 5.54 Å². The summed E-state index contributed by atoms with van der Waals surface area (Å²) in [4.78, 5) is 11.8. The topological polar surface area (TPSA) is 41.1 Å². The lowest BCUT2D eigenvalue weighted by Crippen LogP contribution is -2.36. The summed E-state index contributed by atoms with van der Waals surface area (Å²) in [6, 6.07) is 1.14. The maximum absolute atomic E-state index is 4.78. The van der Waals surface area contributed by atoms with Crippen LogP contribution in [0.15, 0.2) is 6.20 Å². The van der Waals surface area contributed by atoms with Gasteiger partial charge in [-0.15, -0.1) is 0 Å². The molecule has 1 aromatic heterocycles. The first-order valence-corrected chi connectivity index (χ1v) is 8.17. The van der Waals surface area contributed by atoms with Gasteiger partial charge in [-0.2, -0.15) is 0 Å². The summed E-state index contributed by atoms with van der Waals surface area (Å²) in [6.07, 6.45) is 5.66. The summed E-state index contributed by atoms with van der Waals surface area (Å²) in [7, 11) is 0. The smallest absolute Gasteiger partial charge is 0.226 e. The molecule has 0 aliphatic carbocycles. The van der Waals surface area contributed by atoms with E-state index >= 15 is 0 Å². The summed E-state index contributed by atoms with van der Waals surface area (Å²) in [5.74, 6) is 0.906. The predicted octanol–water partition coefficient (Wildman–Crippen LogP) is 3.44. The molecular formula is C17H30N4. The molecule has 0 aromatic carbocycles. The van der Waals surface area contributed by atoms with Crippen molar-refractivity contribution in [1.82, 2.24) is 15.3 Å². The van der Waals surface area contributed by atoms with Crippen molar-refractivity contribution < 1.29 is 0 Å². The van der Waals surface area contributed by atoms with E-state index < -0.39 is 0 Å². The molecule has 0 bridgehead atoms. The standard InChI is InChI=1S/C17H30N4/c1-7-15-9-8-12(2)21(15)16-18-10-14(13(3)20-16)11-19-17(4,5)6/h10,12,15,19H,7-9,11H2,1-6H3. The van der Waals surface area contributed by atoms with E-state index in [0.29, 0.717) is 12.1 Å². The normalized spacial score (nSPS) is 22.9. The maximum Gasteiger partial charge on any atom is 0.226 e. The highest BCUT2D eigenvalue weighted by Gasteiger charge is 2.31. The first-order valence-electron chi connectivity index (χ1n) is 8.17. The van der Waals surface area contributed by atoms with Gasteiger partial charge in [0.15, 0.2) is 0 Å². The van der Waals surface area contributed by atoms with Gasteiger partial charge in [0.2, 0.25) is 5.95 Å². The molecule has 2 rings (SSSR count). The number of aryl methyl sites for hydroxylation is 1. The fourth-order valence-corrected chi connectivity index (χ4v) is 2.97. The lowest BCUT2D eigenvalue weighted by molar-refractivity contribution is 0.423. The van der Waals surface area contributed by atoms with Gasteiger partial charge in [0.1, 0.15) is 0 Å². The van der Waals surface area contributed by atoms with Crippen molar-refractivity contribution >= 4 is 5.95 Å². The SMILES string of the molecule is CCC1CCC(C)N1c1ncc(CNC(C)(C)C)c(C)n1. The van der Waals surface area contributed by atoms with Crippen LogP contribution >= 0.6 is 0 Å². The third-order valence-corrected chi connectivity index (χ3v) is 4.37. The highest BCUT2D eigenvalue weighted by Crippen LogP contribution is 2.29. The van der Waals surface area contributed by atoms with Crippen LogP contribution in [0.3, 0.4) is 0 Å². The molecule has 1 N–H and O–H groups in total. The van der Waals surface area contributed by atoms with Gasteiger partial charge >= 0.3 is 0 Å². The second-order valence-corrected chi connectivity index (χ2v) is 7.28. The van der Waals surface area contributed by atoms with Crippen LogP contribution in [-0.4, -0.2) is 27.6 Å². The second-order valence-electron chi connectivity index (χ2n) is 7.28. The zero-order valence-electron chi connectivity index (χ0n) is 14.4. The van der Waals surface area contributed by atoms with Crippen molar-refractivity contribution in [1.29, 1.82) is 0 Å². The minimum absolute atomic E-state index is 0.113. The highest BCUT2D eigenvalue weighted by atomic mass is 15.3. The fraction of sp³-hybridized carbons (Fsp3) is 0.765. The molecule has 0 saturated carbocycles. The van der Waals surface area contributed by atoms with Gasteiger partial charge in [-0.05, 0) is 53.9 Å². The van der Waals surface area contributed by atoms with E-state index in [9.17, 15) is 0 Å². The largest absolute Gasteiger partial charge is 0.335 e. The Kier molecular flexibility index (Phi) is 4.87. The fourth-order valence-electron chi connectivity index (χ4n) is 2.97. The van der Waals surface area contributed by atoms with Gasteiger partial charge < -0.3 is 10.2 Å². The third-order valence-electron chi connectivity index (χ3n) is 4.37. The lowest BCUT2D eigenvalue weighted by Gasteiger charge is -2.28. The van der Waals surface area contributed by atoms with Crippen molar-refractivity contribution in [2.24, 2.45) is 0 Å². The number of rotatable bonds is 4. The molecule has 0 spiro atoms. The van der Waals surface area contributed by atoms with Gasteiger partial charge in [-0.25, -0.2) is 9.97 Å². The first-order chi connectivity index (χ1) is 9.81. The van der Waals surface area contributed by atoms with Crippen LogP contribution in [0.5, 0.6) is 0 Å². The molecule has 0 radical (unpaired) electrons. The van der Waals surface area contributed by atoms with Crippen LogP contribution in [0.25, 0.3) is 0 Å². The zero-order valence-corrected chi connectivity index (χ0v) is 14.4. The molecule has 2 heterocycles. The average Bonchev–Trinajstić information content (AvgIpc) is 2.77. The molecule has 1 saturated heterocycles. The molecular weight excluding hydrogens is 260 g/mol. The Balaban J connectivity index is 2.15. The van der Waals surface area contributed by atoms with E-state index in [1.54, 1.807) is 0 Å². The van der Waals surface area contributed by atoms with Crippen LogP contribution in [-0.2, 0) is 6.54 Å². The van der Waals surface area contributed by atoms with Crippen LogP contribution in [0.2, 0.25) is 0 Å². The Labute approximate surface area is 129 Å². The minimum atomic E-state index is 0.113. The minimum Gasteiger partial charge on any atom is -0.335 e. The Morgan fingerprint density at radius 3 is 2.62 bits per heavy atom. The van der Waals surface area contributed by atoms with Crippen LogP contribution in [0.4, 0.5) is 5.95 Å². The number of nitrogens with one attached hydrogen (secondary N) is 1. The van der Waals surface area contributed by atoms with Gasteiger partial charge in [0.25, 0.3) is 0 Å². The second kappa shape index (κ2) is 6.30. The van der Waals surface area contributed by atoms with Crippen molar-refractivity contribution in [3.05, 3.63) is 17.5 Å². The molecule has 4 nitrogen and oxygen atoms in total. The molecule has 0 amide bonds. The third kappa shape index (κ3) is 3.94. The van der Waals surface area contributed by atoms with E-state index in [1.807, 2.05) is 6.20 Å². The Morgan fingerprint density at radius 1 is 1.33 bits per heavy atom. The van der Waals surface area contributed by atoms with Gasteiger partial charge in [0.05, 0.1) is 0 Å². The summed E-state index contributed by atoms with van der Waals surface area (Å²) in [5.41, 5.74) is 2.39. The Hall–Kier alpha value is -1.16. The van der Waals surface area contributed by atoms with Crippen LogP contribution in [0, 0.1) is 6.92 Å². The van der Waals surface area contributed by atoms with Crippen molar-refractivity contribution in [2.45, 2.75) is 85.0 Å². The van der Waals surface area contributed by atoms with Crippen molar-refractivity contribution in [3.8, 4) is 0 Å². The number of aromatic nitrogens is 2. The number of hydrogen-bond acceptors (Lipinski definition) is 4. The Morgan fingerprint density at radius 2 is 2.05 bits per heavy atom. The average molecular weight is 290 g/mol. The summed E-state index contributed by atoms with van der Waals surface area (Å²) >= 11 is 0. The summed E-state index contributed by atoms with van der Waals surface area (Å²) < 4.78 is 0. The summed E-state index contributed by atoms with van der Waals surface area (Å²) in [5, 5.41) is 3.50. The van der Waals surface area contributed by atoms with Crippen molar-refractivity contribution in [2.75, 3.05) is 4.90 Å². The van der Waals surface area contributed by atoms with E-state index in [0.717, 1.165) is 18.2 Å². The van der Waals surface area contributed by atoms with E-state index in [1.165, 1.54) is 24.8 Å². The molecule has 1 aliphatic heterocycles. The highest BCUT2D eigenvalue weighted by molar-refractivity contribution is 5.37. The van der Waals surface area contributed by atoms with Gasteiger partial charge in [-0.1, -0.05) is 6.92 Å². The van der Waals surface area contributed by atoms with Crippen molar-refractivity contribution in [3.63, 3.8) is 0 Å². The van der Waals surface area contributed by atoms with Gasteiger partial charge in [0, 0.05) is 41.6 Å². The molecule has 1 aliphatic rings. The van der Waals surface area contributed by atoms with E-state index in [4.69, 9.17) is 4.98 Å². The zero-order chi connectivity index (χ0) is 15.6. The number of anilines is 1. The monoisotopic (exact) mass is 290 g/mol. The lowest BCUT2D eigenvalue weighted by atomic mass is 10.1. The van der Waals surface area contributed by atoms with E-state index in [2.05, 4.69) is 56.7 Å².